The maximum Gasteiger partial charge on any atom is 0.256 e. The van der Waals surface area contributed by atoms with Gasteiger partial charge in [-0.05, 0) is 42.7 Å². The molecule has 5 heteroatoms. The predicted octanol–water partition coefficient (Wildman–Crippen LogP) is 4.61. The molecular weight excluding hydrogens is 348 g/mol. The van der Waals surface area contributed by atoms with Crippen molar-refractivity contribution in [2.45, 2.75) is 25.3 Å². The number of amides is 1. The molecule has 0 atom stereocenters. The van der Waals surface area contributed by atoms with E-state index in [1.54, 1.807) is 12.5 Å². The Bertz CT molecular complexity index is 1150. The van der Waals surface area contributed by atoms with Gasteiger partial charge in [0, 0.05) is 41.6 Å². The van der Waals surface area contributed by atoms with E-state index in [9.17, 15) is 4.79 Å². The number of pyridine rings is 1. The van der Waals surface area contributed by atoms with Gasteiger partial charge in [-0.25, -0.2) is 4.98 Å². The van der Waals surface area contributed by atoms with Crippen molar-refractivity contribution < 1.29 is 4.79 Å². The summed E-state index contributed by atoms with van der Waals surface area (Å²) in [5.74, 6) is 0.398. The number of nitrogens with one attached hydrogen (secondary N) is 1. The number of hydrogen-bond acceptors (Lipinski definition) is 3. The molecule has 28 heavy (non-hydrogen) atoms. The van der Waals surface area contributed by atoms with E-state index in [0.29, 0.717) is 18.0 Å². The summed E-state index contributed by atoms with van der Waals surface area (Å²) in [5, 5.41) is 3.95. The van der Waals surface area contributed by atoms with E-state index in [1.165, 1.54) is 0 Å². The highest BCUT2D eigenvalue weighted by Gasteiger charge is 2.27. The van der Waals surface area contributed by atoms with E-state index in [4.69, 9.17) is 4.98 Å². The molecule has 138 valence electrons. The molecule has 1 aliphatic carbocycles. The third-order valence-electron chi connectivity index (χ3n) is 5.09. The zero-order valence-electron chi connectivity index (χ0n) is 15.4. The first-order valence-electron chi connectivity index (χ1n) is 9.52. The van der Waals surface area contributed by atoms with Crippen LogP contribution in [0.25, 0.3) is 10.9 Å². The third-order valence-corrected chi connectivity index (χ3v) is 5.09. The quantitative estimate of drug-likeness (QED) is 0.560. The van der Waals surface area contributed by atoms with Crippen molar-refractivity contribution >= 4 is 22.5 Å². The Morgan fingerprint density at radius 2 is 2.00 bits per heavy atom. The number of nitrogens with zero attached hydrogens (tertiary/aromatic N) is 3. The van der Waals surface area contributed by atoms with Crippen molar-refractivity contribution in [2.24, 2.45) is 0 Å². The van der Waals surface area contributed by atoms with E-state index in [1.807, 2.05) is 65.4 Å². The van der Waals surface area contributed by atoms with E-state index < -0.39 is 0 Å². The Morgan fingerprint density at radius 1 is 1.11 bits per heavy atom. The molecule has 0 unspecified atom stereocenters. The van der Waals surface area contributed by atoms with Gasteiger partial charge in [-0.15, -0.1) is 0 Å². The van der Waals surface area contributed by atoms with Crippen LogP contribution in [0.5, 0.6) is 0 Å². The van der Waals surface area contributed by atoms with Gasteiger partial charge in [0.2, 0.25) is 0 Å². The number of hydrogen-bond donors (Lipinski definition) is 1. The van der Waals surface area contributed by atoms with Crippen LogP contribution in [-0.2, 0) is 6.54 Å². The van der Waals surface area contributed by atoms with Gasteiger partial charge >= 0.3 is 0 Å². The predicted molar refractivity (Wildman–Crippen MR) is 109 cm³/mol. The van der Waals surface area contributed by atoms with Crippen molar-refractivity contribution in [3.8, 4) is 0 Å². The molecule has 1 N–H and O–H groups in total. The molecule has 0 aliphatic heterocycles. The minimum atomic E-state index is -0.0970. The molecule has 2 heterocycles. The molecule has 1 fully saturated rings. The number of benzene rings is 2. The summed E-state index contributed by atoms with van der Waals surface area (Å²) in [7, 11) is 0. The number of rotatable bonds is 5. The fourth-order valence-electron chi connectivity index (χ4n) is 3.51. The fraction of sp³-hybridized carbons (Fsp3) is 0.174. The molecule has 1 saturated carbocycles. The van der Waals surface area contributed by atoms with E-state index >= 15 is 0 Å². The summed E-state index contributed by atoms with van der Waals surface area (Å²) in [4.78, 5) is 21.9. The second kappa shape index (κ2) is 6.93. The van der Waals surface area contributed by atoms with Gasteiger partial charge in [0.25, 0.3) is 5.91 Å². The number of anilines is 1. The molecule has 1 aliphatic rings. The largest absolute Gasteiger partial charge is 0.333 e. The summed E-state index contributed by atoms with van der Waals surface area (Å²) in [6, 6.07) is 17.7. The number of para-hydroxylation sites is 1. The number of carbonyl (C=O) groups excluding carboxylic acids is 1. The van der Waals surface area contributed by atoms with Crippen LogP contribution in [0.1, 0.15) is 40.4 Å². The Kier molecular flexibility index (Phi) is 4.13. The highest BCUT2D eigenvalue weighted by Crippen LogP contribution is 2.40. The molecule has 2 aromatic heterocycles. The molecular formula is C23H20N4O. The van der Waals surface area contributed by atoms with Crippen LogP contribution in [0.4, 0.5) is 5.69 Å². The van der Waals surface area contributed by atoms with Gasteiger partial charge in [-0.3, -0.25) is 9.78 Å². The fourth-order valence-corrected chi connectivity index (χ4v) is 3.51. The van der Waals surface area contributed by atoms with Gasteiger partial charge in [0.1, 0.15) is 0 Å². The molecule has 4 aromatic rings. The Morgan fingerprint density at radius 3 is 2.82 bits per heavy atom. The lowest BCUT2D eigenvalue weighted by Gasteiger charge is -2.11. The zero-order chi connectivity index (χ0) is 18.9. The normalized spacial score (nSPS) is 13.6. The van der Waals surface area contributed by atoms with E-state index in [0.717, 1.165) is 40.7 Å². The standard InChI is InChI=1S/C23H20N4O/c28-23(25-18-5-3-4-16(12-18)14-27-11-10-24-15-27)20-13-22(17-8-9-17)26-21-7-2-1-6-19(20)21/h1-7,10-13,15,17H,8-9,14H2,(H,25,28). The van der Waals surface area contributed by atoms with Crippen LogP contribution in [0.2, 0.25) is 0 Å². The second-order valence-corrected chi connectivity index (χ2v) is 7.28. The van der Waals surface area contributed by atoms with Crippen molar-refractivity contribution in [1.29, 1.82) is 0 Å². The summed E-state index contributed by atoms with van der Waals surface area (Å²) in [5.41, 5.74) is 4.49. The maximum atomic E-state index is 13.1. The van der Waals surface area contributed by atoms with Crippen molar-refractivity contribution in [1.82, 2.24) is 14.5 Å². The average Bonchev–Trinajstić information content (AvgIpc) is 3.45. The topological polar surface area (TPSA) is 59.8 Å². The highest BCUT2D eigenvalue weighted by atomic mass is 16.1. The highest BCUT2D eigenvalue weighted by molar-refractivity contribution is 6.12. The Labute approximate surface area is 163 Å². The number of aromatic nitrogens is 3. The zero-order valence-corrected chi connectivity index (χ0v) is 15.4. The first kappa shape index (κ1) is 16.7. The van der Waals surface area contributed by atoms with Crippen molar-refractivity contribution in [3.63, 3.8) is 0 Å². The molecule has 2 aromatic carbocycles. The minimum absolute atomic E-state index is 0.0970. The van der Waals surface area contributed by atoms with E-state index in [2.05, 4.69) is 10.3 Å². The van der Waals surface area contributed by atoms with E-state index in [-0.39, 0.29) is 5.91 Å². The first-order chi connectivity index (χ1) is 13.8. The van der Waals surface area contributed by atoms with Gasteiger partial charge in [0.15, 0.2) is 0 Å². The lowest BCUT2D eigenvalue weighted by atomic mass is 10.0. The van der Waals surface area contributed by atoms with Crippen LogP contribution in [0.15, 0.2) is 73.3 Å². The van der Waals surface area contributed by atoms with Crippen LogP contribution in [0.3, 0.4) is 0 Å². The monoisotopic (exact) mass is 368 g/mol. The second-order valence-electron chi connectivity index (χ2n) is 7.28. The summed E-state index contributed by atoms with van der Waals surface area (Å²) in [6.45, 7) is 0.716. The lowest BCUT2D eigenvalue weighted by molar-refractivity contribution is 0.102. The van der Waals surface area contributed by atoms with Crippen LogP contribution in [-0.4, -0.2) is 20.4 Å². The van der Waals surface area contributed by atoms with Crippen LogP contribution < -0.4 is 5.32 Å². The number of imidazole rings is 1. The Hall–Kier alpha value is -3.47. The summed E-state index contributed by atoms with van der Waals surface area (Å²) in [6.07, 6.45) is 7.78. The summed E-state index contributed by atoms with van der Waals surface area (Å²) >= 11 is 0. The van der Waals surface area contributed by atoms with Gasteiger partial charge in [0.05, 0.1) is 17.4 Å². The van der Waals surface area contributed by atoms with Gasteiger partial charge in [-0.2, -0.15) is 0 Å². The molecule has 0 saturated heterocycles. The smallest absolute Gasteiger partial charge is 0.256 e. The van der Waals surface area contributed by atoms with Crippen LogP contribution >= 0.6 is 0 Å². The molecule has 1 amide bonds. The molecule has 0 bridgehead atoms. The van der Waals surface area contributed by atoms with Crippen LogP contribution in [0, 0.1) is 0 Å². The third kappa shape index (κ3) is 3.39. The minimum Gasteiger partial charge on any atom is -0.333 e. The van der Waals surface area contributed by atoms with Gasteiger partial charge < -0.3 is 9.88 Å². The number of carbonyl (C=O) groups is 1. The molecule has 0 spiro atoms. The molecule has 5 nitrogen and oxygen atoms in total. The summed E-state index contributed by atoms with van der Waals surface area (Å²) < 4.78 is 2.00. The lowest BCUT2D eigenvalue weighted by Crippen LogP contribution is -2.13. The first-order valence-corrected chi connectivity index (χ1v) is 9.52. The van der Waals surface area contributed by atoms with Crippen molar-refractivity contribution in [2.75, 3.05) is 5.32 Å². The molecule has 0 radical (unpaired) electrons. The maximum absolute atomic E-state index is 13.1. The van der Waals surface area contributed by atoms with Gasteiger partial charge in [-0.1, -0.05) is 30.3 Å². The molecule has 5 rings (SSSR count). The Balaban J connectivity index is 1.44. The van der Waals surface area contributed by atoms with Crippen molar-refractivity contribution in [3.05, 3.63) is 90.1 Å². The SMILES string of the molecule is O=C(Nc1cccc(Cn2ccnc2)c1)c1cc(C2CC2)nc2ccccc12. The average molecular weight is 368 g/mol. The number of fused-ring (bicyclic) bond motifs is 1.